The summed E-state index contributed by atoms with van der Waals surface area (Å²) < 4.78 is 70.1. The Morgan fingerprint density at radius 3 is 2.35 bits per heavy atom. The van der Waals surface area contributed by atoms with Gasteiger partial charge in [-0.25, -0.2) is 22.7 Å². The summed E-state index contributed by atoms with van der Waals surface area (Å²) in [6, 6.07) is 12.6. The smallest absolute Gasteiger partial charge is 0.351 e. The van der Waals surface area contributed by atoms with E-state index < -0.39 is 58.5 Å². The Kier molecular flexibility index (Phi) is 9.42. The summed E-state index contributed by atoms with van der Waals surface area (Å²) in [6.45, 7) is 6.09. The van der Waals surface area contributed by atoms with E-state index in [2.05, 4.69) is 15.0 Å². The Bertz CT molecular complexity index is 1660. The molecule has 14 heteroatoms. The third-order valence-electron chi connectivity index (χ3n) is 6.80. The number of ether oxygens (including phenoxy) is 2. The number of hydrogen-bond acceptors (Lipinski definition) is 8. The lowest BCUT2D eigenvalue weighted by Gasteiger charge is -2.25. The molecule has 43 heavy (non-hydrogen) atoms. The molecule has 3 aromatic rings. The van der Waals surface area contributed by atoms with Gasteiger partial charge in [-0.15, -0.1) is 0 Å². The molecule has 3 atom stereocenters. The normalized spacial score (nSPS) is 19.6. The molecule has 1 fully saturated rings. The van der Waals surface area contributed by atoms with Gasteiger partial charge in [-0.3, -0.25) is 9.36 Å². The number of sulfonamides is 1. The highest BCUT2D eigenvalue weighted by molar-refractivity contribution is 7.89. The topological polar surface area (TPSA) is 146 Å². The van der Waals surface area contributed by atoms with Crippen LogP contribution >= 0.6 is 0 Å². The molecule has 1 aromatic heterocycles. The van der Waals surface area contributed by atoms with Gasteiger partial charge in [0, 0.05) is 18.3 Å². The van der Waals surface area contributed by atoms with Crippen LogP contribution in [0.4, 0.5) is 14.6 Å². The lowest BCUT2D eigenvalue weighted by molar-refractivity contribution is -0.142. The van der Waals surface area contributed by atoms with Gasteiger partial charge >= 0.3 is 17.6 Å². The quantitative estimate of drug-likeness (QED) is 0.329. The van der Waals surface area contributed by atoms with Crippen molar-refractivity contribution in [2.45, 2.75) is 58.5 Å². The number of amides is 1. The predicted molar refractivity (Wildman–Crippen MR) is 154 cm³/mol. The summed E-state index contributed by atoms with van der Waals surface area (Å²) in [4.78, 5) is 42.2. The number of carbonyl (C=O) groups excluding carboxylic acids is 2. The van der Waals surface area contributed by atoms with E-state index in [1.807, 2.05) is 6.92 Å². The Morgan fingerprint density at radius 2 is 1.74 bits per heavy atom. The molecule has 0 unspecified atom stereocenters. The molecule has 1 aliphatic rings. The maximum atomic E-state index is 16.0. The van der Waals surface area contributed by atoms with Crippen LogP contribution in [0.5, 0.6) is 0 Å². The van der Waals surface area contributed by atoms with Gasteiger partial charge in [-0.1, -0.05) is 42.8 Å². The number of halogens is 2. The standard InChI is InChI=1S/C29H32F2N4O7S/c1-5-13-43(39,40)32-16-21-24(42-26(37)23-18(3)14-17(2)15-19(23)4)29(30,31)27(41-21)35-12-11-22(34-28(35)38)33-25(36)20-9-7-6-8-10-20/h6-12,14-15,21,24,27,32H,5,13,16H2,1-4H3,(H,33,34,36,38)/t21-,24-,27-/m1/s1. The first kappa shape index (κ1) is 31.9. The maximum Gasteiger partial charge on any atom is 0.351 e. The van der Waals surface area contributed by atoms with Gasteiger partial charge in [-0.2, -0.15) is 13.8 Å². The minimum absolute atomic E-state index is 0.0903. The molecule has 0 aliphatic carbocycles. The Hall–Kier alpha value is -4.01. The molecular weight excluding hydrogens is 586 g/mol. The number of alkyl halides is 2. The zero-order chi connectivity index (χ0) is 31.5. The number of aryl methyl sites for hydroxylation is 3. The molecule has 1 saturated heterocycles. The van der Waals surface area contributed by atoms with Crippen LogP contribution in [-0.2, 0) is 19.5 Å². The molecule has 2 N–H and O–H groups in total. The van der Waals surface area contributed by atoms with E-state index >= 15 is 8.78 Å². The predicted octanol–water partition coefficient (Wildman–Crippen LogP) is 3.51. The molecule has 2 aromatic carbocycles. The fourth-order valence-corrected chi connectivity index (χ4v) is 6.04. The highest BCUT2D eigenvalue weighted by Crippen LogP contribution is 2.44. The average molecular weight is 619 g/mol. The molecule has 230 valence electrons. The number of esters is 1. The van der Waals surface area contributed by atoms with Gasteiger partial charge < -0.3 is 14.8 Å². The van der Waals surface area contributed by atoms with E-state index in [-0.39, 0.29) is 29.1 Å². The molecule has 2 heterocycles. The molecule has 0 bridgehead atoms. The largest absolute Gasteiger partial charge is 0.449 e. The van der Waals surface area contributed by atoms with Crippen LogP contribution in [0.25, 0.3) is 0 Å². The zero-order valence-corrected chi connectivity index (χ0v) is 24.8. The van der Waals surface area contributed by atoms with Crippen LogP contribution in [0.3, 0.4) is 0 Å². The number of nitrogens with zero attached hydrogens (tertiary/aromatic N) is 2. The Balaban J connectivity index is 1.64. The SMILES string of the molecule is CCCS(=O)(=O)NC[C@H]1O[C@@H](n2ccc(NC(=O)c3ccccc3)nc2=O)C(F)(F)[C@@H]1OC(=O)c1c(C)cc(C)cc1C. The Morgan fingerprint density at radius 1 is 1.09 bits per heavy atom. The van der Waals surface area contributed by atoms with Crippen molar-refractivity contribution in [2.75, 3.05) is 17.6 Å². The third-order valence-corrected chi connectivity index (χ3v) is 8.35. The minimum atomic E-state index is -4.00. The van der Waals surface area contributed by atoms with E-state index in [9.17, 15) is 22.8 Å². The molecular formula is C29H32F2N4O7S. The van der Waals surface area contributed by atoms with Crippen molar-refractivity contribution in [3.05, 3.63) is 93.0 Å². The molecule has 1 aliphatic heterocycles. The third kappa shape index (κ3) is 7.14. The summed E-state index contributed by atoms with van der Waals surface area (Å²) >= 11 is 0. The summed E-state index contributed by atoms with van der Waals surface area (Å²) in [5, 5.41) is 2.42. The molecule has 0 saturated carbocycles. The number of rotatable bonds is 10. The van der Waals surface area contributed by atoms with Gasteiger partial charge in [0.25, 0.3) is 5.91 Å². The number of carbonyl (C=O) groups is 2. The first-order valence-electron chi connectivity index (χ1n) is 13.5. The number of benzene rings is 2. The second kappa shape index (κ2) is 12.7. The summed E-state index contributed by atoms with van der Waals surface area (Å²) in [5.74, 6) is -6.06. The van der Waals surface area contributed by atoms with Crippen molar-refractivity contribution in [1.29, 1.82) is 0 Å². The number of hydrogen-bond donors (Lipinski definition) is 2. The van der Waals surface area contributed by atoms with E-state index in [1.54, 1.807) is 63.2 Å². The van der Waals surface area contributed by atoms with Crippen LogP contribution in [0.15, 0.2) is 59.5 Å². The van der Waals surface area contributed by atoms with Gasteiger partial charge in [0.2, 0.25) is 16.3 Å². The van der Waals surface area contributed by atoms with Crippen LogP contribution in [0.2, 0.25) is 0 Å². The second-order valence-corrected chi connectivity index (χ2v) is 12.2. The van der Waals surface area contributed by atoms with E-state index in [0.29, 0.717) is 15.7 Å². The van der Waals surface area contributed by atoms with E-state index in [4.69, 9.17) is 9.47 Å². The van der Waals surface area contributed by atoms with Gasteiger partial charge in [0.05, 0.1) is 11.3 Å². The average Bonchev–Trinajstić information content (AvgIpc) is 3.16. The van der Waals surface area contributed by atoms with Crippen molar-refractivity contribution in [3.8, 4) is 0 Å². The van der Waals surface area contributed by atoms with Gasteiger partial charge in [0.15, 0.2) is 6.10 Å². The molecule has 0 radical (unpaired) electrons. The first-order valence-corrected chi connectivity index (χ1v) is 15.1. The van der Waals surface area contributed by atoms with Crippen molar-refractivity contribution in [2.24, 2.45) is 0 Å². The fourth-order valence-electron chi connectivity index (χ4n) is 4.94. The van der Waals surface area contributed by atoms with E-state index in [0.717, 1.165) is 17.8 Å². The van der Waals surface area contributed by atoms with Crippen LogP contribution in [0.1, 0.15) is 57.0 Å². The highest BCUT2D eigenvalue weighted by atomic mass is 32.2. The molecule has 0 spiro atoms. The van der Waals surface area contributed by atoms with Gasteiger partial charge in [0.1, 0.15) is 11.9 Å². The van der Waals surface area contributed by atoms with Crippen molar-refractivity contribution in [3.63, 3.8) is 0 Å². The number of aromatic nitrogens is 2. The van der Waals surface area contributed by atoms with E-state index in [1.165, 1.54) is 0 Å². The Labute approximate surface area is 247 Å². The maximum absolute atomic E-state index is 16.0. The number of anilines is 1. The van der Waals surface area contributed by atoms with Crippen molar-refractivity contribution >= 4 is 27.7 Å². The molecule has 11 nitrogen and oxygen atoms in total. The monoisotopic (exact) mass is 618 g/mol. The fraction of sp³-hybridized carbons (Fsp3) is 0.379. The summed E-state index contributed by atoms with van der Waals surface area (Å²) in [7, 11) is -3.85. The summed E-state index contributed by atoms with van der Waals surface area (Å²) in [5.41, 5.74) is 1.08. The summed E-state index contributed by atoms with van der Waals surface area (Å²) in [6.07, 6.45) is -4.99. The highest BCUT2D eigenvalue weighted by Gasteiger charge is 2.62. The minimum Gasteiger partial charge on any atom is -0.449 e. The molecule has 4 rings (SSSR count). The van der Waals surface area contributed by atoms with Gasteiger partial charge in [-0.05, 0) is 56.5 Å². The van der Waals surface area contributed by atoms with Crippen molar-refractivity contribution < 1.29 is 36.3 Å². The van der Waals surface area contributed by atoms with Crippen LogP contribution in [-0.4, -0.2) is 60.3 Å². The lowest BCUT2D eigenvalue weighted by Crippen LogP contribution is -2.46. The molecule has 1 amide bonds. The number of nitrogens with one attached hydrogen (secondary N) is 2. The van der Waals surface area contributed by atoms with Crippen molar-refractivity contribution in [1.82, 2.24) is 14.3 Å². The first-order chi connectivity index (χ1) is 20.2. The van der Waals surface area contributed by atoms with Crippen LogP contribution in [0, 0.1) is 20.8 Å². The second-order valence-electron chi connectivity index (χ2n) is 10.3. The zero-order valence-electron chi connectivity index (χ0n) is 24.0. The lowest BCUT2D eigenvalue weighted by atomic mass is 10.00. The van der Waals surface area contributed by atoms with Crippen LogP contribution < -0.4 is 15.7 Å².